The van der Waals surface area contributed by atoms with Gasteiger partial charge in [0.05, 0.1) is 12.2 Å². The minimum atomic E-state index is -0.303. The normalized spacial score (nSPS) is 16.8. The summed E-state index contributed by atoms with van der Waals surface area (Å²) in [5, 5.41) is 11.6. The fraction of sp³-hybridized carbons (Fsp3) is 0.269. The van der Waals surface area contributed by atoms with Gasteiger partial charge in [0, 0.05) is 31.4 Å². The van der Waals surface area contributed by atoms with Gasteiger partial charge < -0.3 is 14.8 Å². The molecule has 1 heterocycles. The molecular formula is C26H28N2O3. The van der Waals surface area contributed by atoms with Gasteiger partial charge in [-0.3, -0.25) is 0 Å². The quantitative estimate of drug-likeness (QED) is 0.593. The van der Waals surface area contributed by atoms with E-state index in [9.17, 15) is 10.0 Å². The van der Waals surface area contributed by atoms with Crippen LogP contribution in [0.2, 0.25) is 0 Å². The lowest BCUT2D eigenvalue weighted by Crippen LogP contribution is -2.53. The molecule has 0 aromatic heterocycles. The Morgan fingerprint density at radius 3 is 2.42 bits per heavy atom. The van der Waals surface area contributed by atoms with Crippen molar-refractivity contribution >= 4 is 11.7 Å². The van der Waals surface area contributed by atoms with Crippen molar-refractivity contribution < 1.29 is 14.7 Å². The van der Waals surface area contributed by atoms with E-state index < -0.39 is 0 Å². The third kappa shape index (κ3) is 4.95. The van der Waals surface area contributed by atoms with Crippen LogP contribution in [0, 0.1) is 0 Å². The van der Waals surface area contributed by atoms with Crippen LogP contribution in [-0.4, -0.2) is 48.5 Å². The van der Waals surface area contributed by atoms with Crippen molar-refractivity contribution in [2.24, 2.45) is 0 Å². The molecule has 5 nitrogen and oxygen atoms in total. The average molecular weight is 417 g/mol. The lowest BCUT2D eigenvalue weighted by atomic mass is 9.93. The summed E-state index contributed by atoms with van der Waals surface area (Å²) in [6, 6.07) is 26.5. The molecule has 1 aliphatic heterocycles. The molecule has 1 N–H and O–H groups in total. The first-order chi connectivity index (χ1) is 15.2. The zero-order chi connectivity index (χ0) is 21.6. The van der Waals surface area contributed by atoms with Gasteiger partial charge in [0.15, 0.2) is 0 Å². The number of anilines is 1. The van der Waals surface area contributed by atoms with Crippen LogP contribution >= 0.6 is 0 Å². The van der Waals surface area contributed by atoms with Crippen molar-refractivity contribution in [2.75, 3.05) is 31.1 Å². The summed E-state index contributed by atoms with van der Waals surface area (Å²) in [6.45, 7) is 4.02. The Bertz CT molecular complexity index is 1000. The number of benzene rings is 3. The molecular weight excluding hydrogens is 388 g/mol. The van der Waals surface area contributed by atoms with E-state index in [4.69, 9.17) is 4.74 Å². The van der Waals surface area contributed by atoms with Crippen LogP contribution in [-0.2, 0) is 11.2 Å². The van der Waals surface area contributed by atoms with Gasteiger partial charge in [0.2, 0.25) is 0 Å². The topological polar surface area (TPSA) is 53.0 Å². The van der Waals surface area contributed by atoms with Crippen LogP contribution in [0.1, 0.15) is 22.8 Å². The first kappa shape index (κ1) is 21.1. The summed E-state index contributed by atoms with van der Waals surface area (Å²) in [7, 11) is 0. The van der Waals surface area contributed by atoms with Gasteiger partial charge >= 0.3 is 5.97 Å². The molecule has 0 aliphatic carbocycles. The predicted molar refractivity (Wildman–Crippen MR) is 122 cm³/mol. The Morgan fingerprint density at radius 1 is 0.968 bits per heavy atom. The van der Waals surface area contributed by atoms with Gasteiger partial charge in [-0.05, 0) is 54.3 Å². The Labute approximate surface area is 183 Å². The maximum atomic E-state index is 12.0. The lowest BCUT2D eigenvalue weighted by molar-refractivity contribution is -0.102. The number of ether oxygens (including phenoxy) is 1. The zero-order valence-electron chi connectivity index (χ0n) is 17.8. The number of piperazine rings is 1. The number of hydrogen-bond donors (Lipinski definition) is 1. The van der Waals surface area contributed by atoms with Gasteiger partial charge in [-0.2, -0.15) is 5.06 Å². The minimum absolute atomic E-state index is 0.108. The molecule has 0 bridgehead atoms. The van der Waals surface area contributed by atoms with Crippen LogP contribution in [0.5, 0.6) is 0 Å². The first-order valence-corrected chi connectivity index (χ1v) is 10.8. The number of rotatable bonds is 6. The minimum Gasteiger partial charge on any atom is -0.462 e. The summed E-state index contributed by atoms with van der Waals surface area (Å²) in [6.07, 6.45) is 0.807. The van der Waals surface area contributed by atoms with Crippen molar-refractivity contribution in [2.45, 2.75) is 19.4 Å². The van der Waals surface area contributed by atoms with Crippen molar-refractivity contribution in [3.05, 3.63) is 90.0 Å². The van der Waals surface area contributed by atoms with Gasteiger partial charge in [-0.1, -0.05) is 54.6 Å². The summed E-state index contributed by atoms with van der Waals surface area (Å²) in [5.41, 5.74) is 5.26. The second-order valence-corrected chi connectivity index (χ2v) is 7.75. The first-order valence-electron chi connectivity index (χ1n) is 10.8. The van der Waals surface area contributed by atoms with Crippen molar-refractivity contribution in [1.82, 2.24) is 5.06 Å². The maximum Gasteiger partial charge on any atom is 0.338 e. The van der Waals surface area contributed by atoms with Crippen LogP contribution in [0.25, 0.3) is 11.1 Å². The fourth-order valence-corrected chi connectivity index (χ4v) is 4.21. The average Bonchev–Trinajstić information content (AvgIpc) is 2.80. The standard InChI is InChI=1S/C26H28N2O3/c1-2-31-26(29)21-12-14-23(15-13-21)28-17-16-27(30)19-24(28)18-22-10-6-7-11-25(22)20-8-4-3-5-9-20/h3-15,24,30H,2,16-19H2,1H3. The second-order valence-electron chi connectivity index (χ2n) is 7.75. The molecule has 0 radical (unpaired) electrons. The smallest absolute Gasteiger partial charge is 0.338 e. The Morgan fingerprint density at radius 2 is 1.68 bits per heavy atom. The van der Waals surface area contributed by atoms with Crippen molar-refractivity contribution in [3.8, 4) is 11.1 Å². The van der Waals surface area contributed by atoms with Crippen LogP contribution in [0.15, 0.2) is 78.9 Å². The van der Waals surface area contributed by atoms with E-state index in [0.29, 0.717) is 31.8 Å². The van der Waals surface area contributed by atoms with Crippen LogP contribution in [0.4, 0.5) is 5.69 Å². The van der Waals surface area contributed by atoms with Crippen molar-refractivity contribution in [1.29, 1.82) is 0 Å². The Hall–Kier alpha value is -3.15. The lowest BCUT2D eigenvalue weighted by Gasteiger charge is -2.41. The summed E-state index contributed by atoms with van der Waals surface area (Å²) < 4.78 is 5.09. The number of hydroxylamine groups is 2. The zero-order valence-corrected chi connectivity index (χ0v) is 17.8. The molecule has 1 aliphatic rings. The molecule has 3 aromatic carbocycles. The summed E-state index contributed by atoms with van der Waals surface area (Å²) >= 11 is 0. The Balaban J connectivity index is 1.59. The van der Waals surface area contributed by atoms with Crippen LogP contribution < -0.4 is 4.90 Å². The van der Waals surface area contributed by atoms with Crippen molar-refractivity contribution in [3.63, 3.8) is 0 Å². The molecule has 1 fully saturated rings. The van der Waals surface area contributed by atoms with Gasteiger partial charge in [-0.25, -0.2) is 4.79 Å². The van der Waals surface area contributed by atoms with Gasteiger partial charge in [0.25, 0.3) is 0 Å². The molecule has 0 spiro atoms. The third-order valence-corrected chi connectivity index (χ3v) is 5.73. The molecule has 1 saturated heterocycles. The van der Waals surface area contributed by atoms with E-state index in [1.807, 2.05) is 30.3 Å². The number of nitrogens with zero attached hydrogens (tertiary/aromatic N) is 2. The molecule has 3 aromatic rings. The number of carbonyl (C=O) groups excluding carboxylic acids is 1. The van der Waals surface area contributed by atoms with Crippen LogP contribution in [0.3, 0.4) is 0 Å². The second kappa shape index (κ2) is 9.77. The fourth-order valence-electron chi connectivity index (χ4n) is 4.21. The molecule has 160 valence electrons. The molecule has 5 heteroatoms. The van der Waals surface area contributed by atoms with E-state index >= 15 is 0 Å². The largest absolute Gasteiger partial charge is 0.462 e. The third-order valence-electron chi connectivity index (χ3n) is 5.73. The number of hydrogen-bond acceptors (Lipinski definition) is 5. The molecule has 1 unspecified atom stereocenters. The number of carbonyl (C=O) groups is 1. The van der Waals surface area contributed by atoms with E-state index in [0.717, 1.165) is 12.1 Å². The summed E-state index contributed by atoms with van der Waals surface area (Å²) in [5.74, 6) is -0.303. The monoisotopic (exact) mass is 416 g/mol. The Kier molecular flexibility index (Phi) is 6.65. The van der Waals surface area contributed by atoms with E-state index in [-0.39, 0.29) is 12.0 Å². The molecule has 0 saturated carbocycles. The van der Waals surface area contributed by atoms with E-state index in [1.165, 1.54) is 21.8 Å². The highest BCUT2D eigenvalue weighted by Gasteiger charge is 2.27. The van der Waals surface area contributed by atoms with Gasteiger partial charge in [0.1, 0.15) is 0 Å². The van der Waals surface area contributed by atoms with E-state index in [1.54, 1.807) is 6.92 Å². The molecule has 1 atom stereocenters. The highest BCUT2D eigenvalue weighted by atomic mass is 16.5. The molecule has 0 amide bonds. The molecule has 31 heavy (non-hydrogen) atoms. The van der Waals surface area contributed by atoms with Gasteiger partial charge in [-0.15, -0.1) is 0 Å². The van der Waals surface area contributed by atoms with E-state index in [2.05, 4.69) is 53.4 Å². The number of esters is 1. The SMILES string of the molecule is CCOC(=O)c1ccc(N2CCN(O)CC2Cc2ccccc2-c2ccccc2)cc1. The molecule has 4 rings (SSSR count). The highest BCUT2D eigenvalue weighted by molar-refractivity contribution is 5.89. The highest BCUT2D eigenvalue weighted by Crippen LogP contribution is 2.28. The predicted octanol–water partition coefficient (Wildman–Crippen LogP) is 4.65. The summed E-state index contributed by atoms with van der Waals surface area (Å²) in [4.78, 5) is 14.3. The maximum absolute atomic E-state index is 12.0.